The van der Waals surface area contributed by atoms with Crippen LogP contribution in [-0.2, 0) is 9.53 Å². The molecular weight excluding hydrogens is 296 g/mol. The van der Waals surface area contributed by atoms with Crippen LogP contribution in [0.1, 0.15) is 116 Å². The molecule has 0 aliphatic carbocycles. The number of carbonyl (C=O) groups excluding carboxylic acids is 1. The predicted octanol–water partition coefficient (Wildman–Crippen LogP) is 7.12. The Morgan fingerprint density at radius 2 is 0.958 bits per heavy atom. The lowest BCUT2D eigenvalue weighted by Crippen LogP contribution is -2.05. The fraction of sp³-hybridized carbons (Fsp3) is 0.864. The zero-order valence-electron chi connectivity index (χ0n) is 15.9. The second-order valence-electron chi connectivity index (χ2n) is 7.32. The van der Waals surface area contributed by atoms with Crippen molar-refractivity contribution in [2.75, 3.05) is 6.61 Å². The van der Waals surface area contributed by atoms with Gasteiger partial charge < -0.3 is 4.74 Å². The van der Waals surface area contributed by atoms with E-state index in [9.17, 15) is 4.79 Å². The molecule has 1 rings (SSSR count). The molecule has 0 atom stereocenters. The van der Waals surface area contributed by atoms with Gasteiger partial charge in [0.2, 0.25) is 0 Å². The van der Waals surface area contributed by atoms with E-state index in [0.717, 1.165) is 12.8 Å². The second-order valence-corrected chi connectivity index (χ2v) is 7.32. The smallest absolute Gasteiger partial charge is 0.305 e. The number of hydrogen-bond donors (Lipinski definition) is 0. The van der Waals surface area contributed by atoms with Crippen LogP contribution < -0.4 is 0 Å². The van der Waals surface area contributed by atoms with Crippen molar-refractivity contribution in [1.82, 2.24) is 0 Å². The van der Waals surface area contributed by atoms with Crippen LogP contribution in [0.15, 0.2) is 12.2 Å². The van der Waals surface area contributed by atoms with E-state index in [1.54, 1.807) is 0 Å². The molecule has 1 heterocycles. The first-order valence-corrected chi connectivity index (χ1v) is 10.7. The maximum absolute atomic E-state index is 11.6. The molecule has 0 amide bonds. The highest BCUT2D eigenvalue weighted by Crippen LogP contribution is 2.12. The zero-order chi connectivity index (χ0) is 17.1. The lowest BCUT2D eigenvalue weighted by atomic mass is 10.1. The van der Waals surface area contributed by atoms with Gasteiger partial charge in [0.05, 0.1) is 6.61 Å². The summed E-state index contributed by atoms with van der Waals surface area (Å²) in [6.07, 6.45) is 27.1. The molecule has 0 saturated carbocycles. The Bertz CT molecular complexity index is 309. The Balaban J connectivity index is 2.13. The Hall–Kier alpha value is -0.790. The first-order chi connectivity index (χ1) is 11.9. The van der Waals surface area contributed by atoms with Crippen LogP contribution in [0.4, 0.5) is 0 Å². The average Bonchev–Trinajstić information content (AvgIpc) is 2.58. The number of carbonyl (C=O) groups is 1. The van der Waals surface area contributed by atoms with E-state index < -0.39 is 0 Å². The Labute approximate surface area is 150 Å². The molecule has 24 heavy (non-hydrogen) atoms. The third kappa shape index (κ3) is 14.8. The summed E-state index contributed by atoms with van der Waals surface area (Å²) in [7, 11) is 0. The maximum atomic E-state index is 11.6. The van der Waals surface area contributed by atoms with Crippen LogP contribution in [0.5, 0.6) is 0 Å². The molecule has 0 N–H and O–H groups in total. The van der Waals surface area contributed by atoms with Gasteiger partial charge in [-0.2, -0.15) is 0 Å². The minimum atomic E-state index is 0.0141. The highest BCUT2D eigenvalue weighted by atomic mass is 16.5. The molecule has 0 unspecified atom stereocenters. The van der Waals surface area contributed by atoms with Crippen LogP contribution in [0.2, 0.25) is 0 Å². The Morgan fingerprint density at radius 1 is 0.542 bits per heavy atom. The summed E-state index contributed by atoms with van der Waals surface area (Å²) in [6, 6.07) is 0. The molecular formula is C22H40O2. The molecule has 0 aromatic heterocycles. The number of esters is 1. The summed E-state index contributed by atoms with van der Waals surface area (Å²) < 4.78 is 5.32. The number of ether oxygens (including phenoxy) is 1. The van der Waals surface area contributed by atoms with Gasteiger partial charge in [0.1, 0.15) is 0 Å². The normalized spacial score (nSPS) is 23.9. The van der Waals surface area contributed by atoms with Crippen LogP contribution in [0.25, 0.3) is 0 Å². The van der Waals surface area contributed by atoms with Crippen LogP contribution >= 0.6 is 0 Å². The number of cyclic esters (lactones) is 1. The molecule has 0 spiro atoms. The van der Waals surface area contributed by atoms with E-state index in [2.05, 4.69) is 12.2 Å². The van der Waals surface area contributed by atoms with Gasteiger partial charge in [-0.05, 0) is 38.5 Å². The molecule has 0 saturated heterocycles. The monoisotopic (exact) mass is 336 g/mol. The van der Waals surface area contributed by atoms with E-state index in [1.807, 2.05) is 0 Å². The topological polar surface area (TPSA) is 26.3 Å². The second kappa shape index (κ2) is 17.0. The number of allylic oxidation sites excluding steroid dienone is 2. The van der Waals surface area contributed by atoms with Crippen molar-refractivity contribution in [3.8, 4) is 0 Å². The van der Waals surface area contributed by atoms with E-state index in [0.29, 0.717) is 13.0 Å². The minimum absolute atomic E-state index is 0.0141. The SMILES string of the molecule is O=C1CCCCCCCCC/C=C\CCCCCCCCCCO1. The molecule has 0 bridgehead atoms. The molecule has 140 valence electrons. The molecule has 1 aliphatic rings. The fourth-order valence-electron chi connectivity index (χ4n) is 3.33. The van der Waals surface area contributed by atoms with Crippen molar-refractivity contribution in [1.29, 1.82) is 0 Å². The van der Waals surface area contributed by atoms with Crippen LogP contribution in [-0.4, -0.2) is 12.6 Å². The standard InChI is InChI=1S/C22H40O2/c23-22-20-18-16-14-12-10-8-6-4-2-1-3-5-7-9-11-13-15-17-19-21-24-22/h1-2H,3-21H2/b2-1-. The summed E-state index contributed by atoms with van der Waals surface area (Å²) in [5.41, 5.74) is 0. The van der Waals surface area contributed by atoms with Gasteiger partial charge in [-0.1, -0.05) is 82.8 Å². The molecule has 2 heteroatoms. The molecule has 1 aliphatic heterocycles. The number of hydrogen-bond acceptors (Lipinski definition) is 2. The van der Waals surface area contributed by atoms with Crippen molar-refractivity contribution < 1.29 is 9.53 Å². The van der Waals surface area contributed by atoms with Gasteiger partial charge in [-0.15, -0.1) is 0 Å². The van der Waals surface area contributed by atoms with E-state index in [-0.39, 0.29) is 5.97 Å². The summed E-state index contributed by atoms with van der Waals surface area (Å²) in [5.74, 6) is 0.0141. The molecule has 2 nitrogen and oxygen atoms in total. The predicted molar refractivity (Wildman–Crippen MR) is 103 cm³/mol. The molecule has 0 fully saturated rings. The highest BCUT2D eigenvalue weighted by Gasteiger charge is 2.02. The lowest BCUT2D eigenvalue weighted by Gasteiger charge is -2.05. The Morgan fingerprint density at radius 3 is 1.50 bits per heavy atom. The van der Waals surface area contributed by atoms with Crippen molar-refractivity contribution in [2.45, 2.75) is 116 Å². The first-order valence-electron chi connectivity index (χ1n) is 10.7. The van der Waals surface area contributed by atoms with Crippen LogP contribution in [0, 0.1) is 0 Å². The first kappa shape index (κ1) is 21.3. The maximum Gasteiger partial charge on any atom is 0.305 e. The fourth-order valence-corrected chi connectivity index (χ4v) is 3.33. The quantitative estimate of drug-likeness (QED) is 0.347. The Kier molecular flexibility index (Phi) is 15.1. The van der Waals surface area contributed by atoms with E-state index in [4.69, 9.17) is 4.74 Å². The van der Waals surface area contributed by atoms with Gasteiger partial charge in [0, 0.05) is 6.42 Å². The van der Waals surface area contributed by atoms with Crippen molar-refractivity contribution in [2.24, 2.45) is 0 Å². The van der Waals surface area contributed by atoms with Crippen molar-refractivity contribution in [3.63, 3.8) is 0 Å². The summed E-state index contributed by atoms with van der Waals surface area (Å²) >= 11 is 0. The highest BCUT2D eigenvalue weighted by molar-refractivity contribution is 5.69. The van der Waals surface area contributed by atoms with Gasteiger partial charge >= 0.3 is 5.97 Å². The van der Waals surface area contributed by atoms with Gasteiger partial charge in [0.15, 0.2) is 0 Å². The van der Waals surface area contributed by atoms with E-state index in [1.165, 1.54) is 96.3 Å². The van der Waals surface area contributed by atoms with E-state index >= 15 is 0 Å². The molecule has 0 radical (unpaired) electrons. The summed E-state index contributed by atoms with van der Waals surface area (Å²) in [6.45, 7) is 0.630. The van der Waals surface area contributed by atoms with Crippen molar-refractivity contribution in [3.05, 3.63) is 12.2 Å². The summed E-state index contributed by atoms with van der Waals surface area (Å²) in [4.78, 5) is 11.6. The number of rotatable bonds is 0. The minimum Gasteiger partial charge on any atom is -0.466 e. The molecule has 0 aromatic carbocycles. The van der Waals surface area contributed by atoms with Crippen LogP contribution in [0.3, 0.4) is 0 Å². The zero-order valence-corrected chi connectivity index (χ0v) is 15.9. The summed E-state index contributed by atoms with van der Waals surface area (Å²) in [5, 5.41) is 0. The third-order valence-corrected chi connectivity index (χ3v) is 4.95. The van der Waals surface area contributed by atoms with Gasteiger partial charge in [0.25, 0.3) is 0 Å². The van der Waals surface area contributed by atoms with Gasteiger partial charge in [-0.3, -0.25) is 4.79 Å². The average molecular weight is 337 g/mol. The molecule has 0 aromatic rings. The largest absolute Gasteiger partial charge is 0.466 e. The van der Waals surface area contributed by atoms with Crippen molar-refractivity contribution >= 4 is 5.97 Å². The lowest BCUT2D eigenvalue weighted by molar-refractivity contribution is -0.143. The van der Waals surface area contributed by atoms with Gasteiger partial charge in [-0.25, -0.2) is 0 Å². The third-order valence-electron chi connectivity index (χ3n) is 4.95.